The molecular formula is C22H25N. The predicted molar refractivity (Wildman–Crippen MR) is 102 cm³/mol. The van der Waals surface area contributed by atoms with E-state index >= 15 is 0 Å². The summed E-state index contributed by atoms with van der Waals surface area (Å²) in [5, 5.41) is 1.27. The van der Waals surface area contributed by atoms with Crippen molar-refractivity contribution in [3.05, 3.63) is 77.7 Å². The van der Waals surface area contributed by atoms with Crippen molar-refractivity contribution in [1.82, 2.24) is 4.57 Å². The van der Waals surface area contributed by atoms with Crippen LogP contribution < -0.4 is 0 Å². The third kappa shape index (κ3) is 3.47. The molecule has 23 heavy (non-hydrogen) atoms. The zero-order chi connectivity index (χ0) is 16.7. The SMILES string of the molecule is CC.CC=C=Cc1cccc(-n2ccc3ccccc32)c1CC. The lowest BCUT2D eigenvalue weighted by Gasteiger charge is -2.13. The number of para-hydroxylation sites is 1. The van der Waals surface area contributed by atoms with Gasteiger partial charge in [0.2, 0.25) is 0 Å². The van der Waals surface area contributed by atoms with Gasteiger partial charge in [-0.1, -0.05) is 51.1 Å². The monoisotopic (exact) mass is 303 g/mol. The predicted octanol–water partition coefficient (Wildman–Crippen LogP) is 6.41. The zero-order valence-electron chi connectivity index (χ0n) is 14.5. The lowest BCUT2D eigenvalue weighted by atomic mass is 10.0. The van der Waals surface area contributed by atoms with E-state index in [0.29, 0.717) is 0 Å². The van der Waals surface area contributed by atoms with E-state index in [9.17, 15) is 0 Å². The first-order valence-electron chi connectivity index (χ1n) is 8.40. The second-order valence-corrected chi connectivity index (χ2v) is 5.04. The fourth-order valence-electron chi connectivity index (χ4n) is 2.80. The minimum Gasteiger partial charge on any atom is -0.316 e. The molecule has 1 heterocycles. The molecule has 0 amide bonds. The lowest BCUT2D eigenvalue weighted by Crippen LogP contribution is -1.99. The number of aromatic nitrogens is 1. The van der Waals surface area contributed by atoms with Crippen LogP contribution in [0.1, 0.15) is 38.8 Å². The third-order valence-corrected chi connectivity index (χ3v) is 3.81. The Bertz CT molecular complexity index is 830. The number of rotatable bonds is 3. The average molecular weight is 303 g/mol. The molecule has 0 radical (unpaired) electrons. The van der Waals surface area contributed by atoms with E-state index in [1.54, 1.807) is 0 Å². The Hall–Kier alpha value is -2.50. The minimum atomic E-state index is 1.000. The van der Waals surface area contributed by atoms with Crippen LogP contribution in [0.3, 0.4) is 0 Å². The second kappa shape index (κ2) is 8.22. The van der Waals surface area contributed by atoms with Crippen molar-refractivity contribution in [3.8, 4) is 5.69 Å². The Kier molecular flexibility index (Phi) is 6.02. The number of hydrogen-bond acceptors (Lipinski definition) is 0. The normalized spacial score (nSPS) is 9.74. The second-order valence-electron chi connectivity index (χ2n) is 5.04. The van der Waals surface area contributed by atoms with Crippen molar-refractivity contribution in [2.24, 2.45) is 0 Å². The Morgan fingerprint density at radius 3 is 2.52 bits per heavy atom. The Morgan fingerprint density at radius 1 is 1.00 bits per heavy atom. The molecule has 0 aliphatic heterocycles. The smallest absolute Gasteiger partial charge is 0.0528 e. The molecule has 0 unspecified atom stereocenters. The first-order valence-corrected chi connectivity index (χ1v) is 8.40. The van der Waals surface area contributed by atoms with Crippen molar-refractivity contribution in [1.29, 1.82) is 0 Å². The summed E-state index contributed by atoms with van der Waals surface area (Å²) in [6, 6.07) is 17.1. The molecule has 0 spiro atoms. The maximum atomic E-state index is 3.19. The minimum absolute atomic E-state index is 1.000. The van der Waals surface area contributed by atoms with E-state index in [1.807, 2.05) is 26.8 Å². The number of nitrogens with zero attached hydrogens (tertiary/aromatic N) is 1. The summed E-state index contributed by atoms with van der Waals surface area (Å²) in [7, 11) is 0. The van der Waals surface area contributed by atoms with Crippen LogP contribution in [0.4, 0.5) is 0 Å². The van der Waals surface area contributed by atoms with Gasteiger partial charge in [-0.3, -0.25) is 0 Å². The number of allylic oxidation sites excluding steroid dienone is 1. The molecule has 1 aromatic heterocycles. The highest BCUT2D eigenvalue weighted by atomic mass is 15.0. The fraction of sp³-hybridized carbons (Fsp3) is 0.227. The molecule has 0 aliphatic carbocycles. The van der Waals surface area contributed by atoms with Crippen molar-refractivity contribution < 1.29 is 0 Å². The first-order chi connectivity index (χ1) is 11.3. The molecule has 0 N–H and O–H groups in total. The molecule has 0 aliphatic rings. The van der Waals surface area contributed by atoms with Crippen LogP contribution in [-0.2, 0) is 6.42 Å². The molecule has 0 fully saturated rings. The fourth-order valence-corrected chi connectivity index (χ4v) is 2.80. The van der Waals surface area contributed by atoms with Gasteiger partial charge in [0.1, 0.15) is 0 Å². The number of fused-ring (bicyclic) bond motifs is 1. The van der Waals surface area contributed by atoms with Crippen molar-refractivity contribution in [3.63, 3.8) is 0 Å². The Morgan fingerprint density at radius 2 is 1.78 bits per heavy atom. The molecule has 0 saturated carbocycles. The summed E-state index contributed by atoms with van der Waals surface area (Å²) in [4.78, 5) is 0. The summed E-state index contributed by atoms with van der Waals surface area (Å²) in [6.07, 6.45) is 7.16. The van der Waals surface area contributed by atoms with Gasteiger partial charge < -0.3 is 4.57 Å². The highest BCUT2D eigenvalue weighted by Crippen LogP contribution is 2.25. The van der Waals surface area contributed by atoms with E-state index in [0.717, 1.165) is 6.42 Å². The van der Waals surface area contributed by atoms with Crippen molar-refractivity contribution >= 4 is 17.0 Å². The molecule has 1 nitrogen and oxygen atoms in total. The maximum absolute atomic E-state index is 3.19. The van der Waals surface area contributed by atoms with Crippen LogP contribution in [0.15, 0.2) is 66.5 Å². The van der Waals surface area contributed by atoms with E-state index in [4.69, 9.17) is 0 Å². The third-order valence-electron chi connectivity index (χ3n) is 3.81. The van der Waals surface area contributed by atoms with Crippen molar-refractivity contribution in [2.75, 3.05) is 0 Å². The molecule has 0 atom stereocenters. The number of benzene rings is 2. The van der Waals surface area contributed by atoms with E-state index in [2.05, 4.69) is 78.0 Å². The first kappa shape index (κ1) is 16.9. The lowest BCUT2D eigenvalue weighted by molar-refractivity contribution is 1.04. The average Bonchev–Trinajstić information content (AvgIpc) is 3.05. The van der Waals surface area contributed by atoms with Gasteiger partial charge >= 0.3 is 0 Å². The molecule has 3 rings (SSSR count). The van der Waals surface area contributed by atoms with Crippen LogP contribution >= 0.6 is 0 Å². The highest BCUT2D eigenvalue weighted by molar-refractivity contribution is 5.82. The van der Waals surface area contributed by atoms with Crippen molar-refractivity contribution in [2.45, 2.75) is 34.1 Å². The molecule has 2 aromatic carbocycles. The number of hydrogen-bond donors (Lipinski definition) is 0. The summed E-state index contributed by atoms with van der Waals surface area (Å²) >= 11 is 0. The maximum Gasteiger partial charge on any atom is 0.0528 e. The van der Waals surface area contributed by atoms with Gasteiger partial charge in [-0.2, -0.15) is 0 Å². The van der Waals surface area contributed by atoms with Crippen LogP contribution in [0.2, 0.25) is 0 Å². The van der Waals surface area contributed by atoms with E-state index in [-0.39, 0.29) is 0 Å². The van der Waals surface area contributed by atoms with E-state index in [1.165, 1.54) is 27.7 Å². The Labute approximate surface area is 139 Å². The van der Waals surface area contributed by atoms with E-state index < -0.39 is 0 Å². The Balaban J connectivity index is 0.000000924. The quantitative estimate of drug-likeness (QED) is 0.493. The molecule has 0 saturated heterocycles. The van der Waals surface area contributed by atoms with Crippen LogP contribution in [-0.4, -0.2) is 4.57 Å². The summed E-state index contributed by atoms with van der Waals surface area (Å²) in [6.45, 7) is 8.20. The largest absolute Gasteiger partial charge is 0.316 e. The van der Waals surface area contributed by atoms with Crippen LogP contribution in [0.5, 0.6) is 0 Å². The molecule has 0 bridgehead atoms. The van der Waals surface area contributed by atoms with Gasteiger partial charge in [0.15, 0.2) is 0 Å². The molecule has 3 aromatic rings. The topological polar surface area (TPSA) is 4.93 Å². The van der Waals surface area contributed by atoms with Gasteiger partial charge in [-0.25, -0.2) is 0 Å². The van der Waals surface area contributed by atoms with Gasteiger partial charge in [0.05, 0.1) is 5.52 Å². The molecule has 118 valence electrons. The van der Waals surface area contributed by atoms with Gasteiger partial charge in [0.25, 0.3) is 0 Å². The highest BCUT2D eigenvalue weighted by Gasteiger charge is 2.09. The zero-order valence-corrected chi connectivity index (χ0v) is 14.5. The van der Waals surface area contributed by atoms with Gasteiger partial charge in [-0.15, -0.1) is 5.73 Å². The molecular weight excluding hydrogens is 278 g/mol. The van der Waals surface area contributed by atoms with Crippen LogP contribution in [0.25, 0.3) is 22.7 Å². The summed E-state index contributed by atoms with van der Waals surface area (Å²) in [5.74, 6) is 0. The van der Waals surface area contributed by atoms with Gasteiger partial charge in [0, 0.05) is 11.9 Å². The van der Waals surface area contributed by atoms with Crippen LogP contribution in [0, 0.1) is 0 Å². The molecule has 1 heteroatoms. The summed E-state index contributed by atoms with van der Waals surface area (Å²) in [5.41, 5.74) is 8.29. The summed E-state index contributed by atoms with van der Waals surface area (Å²) < 4.78 is 2.28. The van der Waals surface area contributed by atoms with Gasteiger partial charge in [-0.05, 0) is 60.2 Å². The standard InChI is InChI=1S/C20H19N.C2H6/c1-3-5-9-16-11-8-13-20(18(16)4-2)21-15-14-17-10-6-7-12-19(17)21;1-2/h3,6-15H,4H2,1-2H3;1-2H3.